The van der Waals surface area contributed by atoms with Crippen LogP contribution in [-0.4, -0.2) is 27.3 Å². The molecular weight excluding hydrogens is 446 g/mol. The monoisotopic (exact) mass is 467 g/mol. The molecule has 2 N–H and O–H groups in total. The first-order chi connectivity index (χ1) is 12.0. The van der Waals surface area contributed by atoms with Gasteiger partial charge in [0, 0.05) is 29.2 Å². The summed E-state index contributed by atoms with van der Waals surface area (Å²) in [5.74, 6) is 0.303. The maximum absolute atomic E-state index is 10.4. The van der Waals surface area contributed by atoms with Gasteiger partial charge in [-0.2, -0.15) is 0 Å². The summed E-state index contributed by atoms with van der Waals surface area (Å²) in [6.07, 6.45) is 3.52. The smallest absolute Gasteiger partial charge is 0.134 e. The number of rotatable bonds is 5. The van der Waals surface area contributed by atoms with Crippen LogP contribution in [-0.2, 0) is 13.1 Å². The van der Waals surface area contributed by atoms with E-state index in [2.05, 4.69) is 61.0 Å². The van der Waals surface area contributed by atoms with Gasteiger partial charge >= 0.3 is 0 Å². The van der Waals surface area contributed by atoms with E-state index in [-0.39, 0.29) is 6.10 Å². The number of aromatic hydroxyl groups is 1. The lowest BCUT2D eigenvalue weighted by Crippen LogP contribution is -2.38. The number of aliphatic hydroxyl groups excluding tert-OH is 1. The maximum Gasteiger partial charge on any atom is 0.134 e. The molecule has 134 valence electrons. The highest BCUT2D eigenvalue weighted by Gasteiger charge is 2.26. The molecule has 1 saturated carbocycles. The molecule has 1 aliphatic rings. The average Bonchev–Trinajstić information content (AvgIpc) is 2.60. The third-order valence-electron chi connectivity index (χ3n) is 4.89. The van der Waals surface area contributed by atoms with E-state index in [0.717, 1.165) is 42.3 Å². The standard InChI is InChI=1S/C20H23Br2NO2/c21-16-10-15(20(25)19(22)11-16)13-23(12-14-4-2-1-3-5-14)17-6-8-18(24)9-7-17/h1-5,10-11,17-18,24-25H,6-9,12-13H2. The molecule has 1 fully saturated rings. The van der Waals surface area contributed by atoms with Gasteiger partial charge in [-0.3, -0.25) is 4.90 Å². The van der Waals surface area contributed by atoms with Gasteiger partial charge in [-0.1, -0.05) is 46.3 Å². The van der Waals surface area contributed by atoms with Crippen molar-refractivity contribution >= 4 is 31.9 Å². The fourth-order valence-electron chi connectivity index (χ4n) is 3.51. The average molecular weight is 469 g/mol. The van der Waals surface area contributed by atoms with Crippen molar-refractivity contribution in [2.24, 2.45) is 0 Å². The van der Waals surface area contributed by atoms with Crippen LogP contribution < -0.4 is 0 Å². The molecule has 3 rings (SSSR count). The SMILES string of the molecule is Oc1c(Br)cc(Br)cc1CN(Cc1ccccc1)C1CCC(O)CC1. The van der Waals surface area contributed by atoms with Gasteiger partial charge in [0.2, 0.25) is 0 Å². The van der Waals surface area contributed by atoms with Gasteiger partial charge in [0.05, 0.1) is 10.6 Å². The van der Waals surface area contributed by atoms with Crippen molar-refractivity contribution < 1.29 is 10.2 Å². The van der Waals surface area contributed by atoms with Gasteiger partial charge in [0.25, 0.3) is 0 Å². The van der Waals surface area contributed by atoms with Crippen molar-refractivity contribution in [1.82, 2.24) is 4.90 Å². The molecule has 0 heterocycles. The molecule has 0 unspecified atom stereocenters. The summed E-state index contributed by atoms with van der Waals surface area (Å²) in [6, 6.07) is 14.7. The zero-order chi connectivity index (χ0) is 17.8. The highest BCUT2D eigenvalue weighted by molar-refractivity contribution is 9.11. The van der Waals surface area contributed by atoms with Gasteiger partial charge < -0.3 is 10.2 Å². The van der Waals surface area contributed by atoms with E-state index >= 15 is 0 Å². The Morgan fingerprint density at radius 3 is 2.32 bits per heavy atom. The third-order valence-corrected chi connectivity index (χ3v) is 5.95. The fourth-order valence-corrected chi connectivity index (χ4v) is 4.83. The van der Waals surface area contributed by atoms with E-state index in [4.69, 9.17) is 0 Å². The van der Waals surface area contributed by atoms with Crippen molar-refractivity contribution in [2.75, 3.05) is 0 Å². The molecule has 5 heteroatoms. The van der Waals surface area contributed by atoms with Crippen LogP contribution in [0.3, 0.4) is 0 Å². The predicted octanol–water partition coefficient (Wildman–Crippen LogP) is 5.22. The summed E-state index contributed by atoms with van der Waals surface area (Å²) in [7, 11) is 0. The zero-order valence-corrected chi connectivity index (χ0v) is 17.2. The Kier molecular flexibility index (Phi) is 6.55. The minimum atomic E-state index is -0.164. The summed E-state index contributed by atoms with van der Waals surface area (Å²) < 4.78 is 1.65. The van der Waals surface area contributed by atoms with E-state index in [1.807, 2.05) is 18.2 Å². The number of phenols is 1. The number of hydrogen-bond donors (Lipinski definition) is 2. The van der Waals surface area contributed by atoms with Crippen molar-refractivity contribution in [3.63, 3.8) is 0 Å². The van der Waals surface area contributed by atoms with Crippen LogP contribution >= 0.6 is 31.9 Å². The van der Waals surface area contributed by atoms with E-state index in [1.54, 1.807) is 0 Å². The number of benzene rings is 2. The predicted molar refractivity (Wildman–Crippen MR) is 107 cm³/mol. The minimum absolute atomic E-state index is 0.164. The molecule has 2 aromatic carbocycles. The van der Waals surface area contributed by atoms with E-state index < -0.39 is 0 Å². The number of halogens is 2. The van der Waals surface area contributed by atoms with Crippen molar-refractivity contribution in [1.29, 1.82) is 0 Å². The molecule has 0 atom stereocenters. The van der Waals surface area contributed by atoms with Gasteiger partial charge in [-0.25, -0.2) is 0 Å². The Bertz CT molecular complexity index is 700. The molecule has 0 saturated heterocycles. The molecule has 1 aliphatic carbocycles. The summed E-state index contributed by atoms with van der Waals surface area (Å²) in [5.41, 5.74) is 2.17. The van der Waals surface area contributed by atoms with Crippen LogP contribution in [0.1, 0.15) is 36.8 Å². The summed E-state index contributed by atoms with van der Waals surface area (Å²) in [5, 5.41) is 20.3. The quantitative estimate of drug-likeness (QED) is 0.631. The van der Waals surface area contributed by atoms with Crippen LogP contribution in [0.5, 0.6) is 5.75 Å². The first-order valence-corrected chi connectivity index (χ1v) is 10.2. The molecule has 0 aromatic heterocycles. The molecule has 0 amide bonds. The van der Waals surface area contributed by atoms with Gasteiger partial charge in [0.1, 0.15) is 5.75 Å². The molecule has 25 heavy (non-hydrogen) atoms. The Morgan fingerprint density at radius 1 is 0.960 bits per heavy atom. The lowest BCUT2D eigenvalue weighted by molar-refractivity contribution is 0.0662. The van der Waals surface area contributed by atoms with Crippen molar-refractivity contribution in [3.05, 3.63) is 62.5 Å². The normalized spacial score (nSPS) is 20.8. The molecule has 0 radical (unpaired) electrons. The molecular formula is C20H23Br2NO2. The summed E-state index contributed by atoms with van der Waals surface area (Å²) in [6.45, 7) is 1.52. The molecule has 2 aromatic rings. The Morgan fingerprint density at radius 2 is 1.64 bits per heavy atom. The lowest BCUT2D eigenvalue weighted by Gasteiger charge is -2.36. The highest BCUT2D eigenvalue weighted by atomic mass is 79.9. The largest absolute Gasteiger partial charge is 0.506 e. The number of phenolic OH excluding ortho intramolecular Hbond substituents is 1. The second-order valence-electron chi connectivity index (χ2n) is 6.75. The van der Waals surface area contributed by atoms with Crippen LogP contribution in [0, 0.1) is 0 Å². The minimum Gasteiger partial charge on any atom is -0.506 e. The van der Waals surface area contributed by atoms with Crippen LogP contribution in [0.4, 0.5) is 0 Å². The lowest BCUT2D eigenvalue weighted by atomic mass is 9.91. The first-order valence-electron chi connectivity index (χ1n) is 8.66. The van der Waals surface area contributed by atoms with Crippen molar-refractivity contribution in [2.45, 2.75) is 50.9 Å². The molecule has 0 aliphatic heterocycles. The van der Waals surface area contributed by atoms with E-state index in [1.165, 1.54) is 5.56 Å². The fraction of sp³-hybridized carbons (Fsp3) is 0.400. The van der Waals surface area contributed by atoms with Crippen LogP contribution in [0.15, 0.2) is 51.4 Å². The zero-order valence-electron chi connectivity index (χ0n) is 14.0. The highest BCUT2D eigenvalue weighted by Crippen LogP contribution is 2.34. The van der Waals surface area contributed by atoms with Gasteiger partial charge in [-0.05, 0) is 59.3 Å². The molecule has 0 bridgehead atoms. The second-order valence-corrected chi connectivity index (χ2v) is 8.52. The second kappa shape index (κ2) is 8.67. The van der Waals surface area contributed by atoms with Crippen molar-refractivity contribution in [3.8, 4) is 5.75 Å². The Labute approximate surface area is 165 Å². The summed E-state index contributed by atoms with van der Waals surface area (Å²) >= 11 is 6.94. The first kappa shape index (κ1) is 18.9. The number of hydrogen-bond acceptors (Lipinski definition) is 3. The molecule has 0 spiro atoms. The molecule has 3 nitrogen and oxygen atoms in total. The van der Waals surface area contributed by atoms with Crippen LogP contribution in [0.2, 0.25) is 0 Å². The number of aliphatic hydroxyl groups is 1. The van der Waals surface area contributed by atoms with Gasteiger partial charge in [-0.15, -0.1) is 0 Å². The van der Waals surface area contributed by atoms with Gasteiger partial charge in [0.15, 0.2) is 0 Å². The number of nitrogens with zero attached hydrogens (tertiary/aromatic N) is 1. The third kappa shape index (κ3) is 5.07. The Hall–Kier alpha value is -0.880. The maximum atomic E-state index is 10.4. The van der Waals surface area contributed by atoms with E-state index in [9.17, 15) is 10.2 Å². The topological polar surface area (TPSA) is 43.7 Å². The summed E-state index contributed by atoms with van der Waals surface area (Å²) in [4.78, 5) is 2.43. The Balaban J connectivity index is 1.83. The van der Waals surface area contributed by atoms with E-state index in [0.29, 0.717) is 22.8 Å². The van der Waals surface area contributed by atoms with Crippen LogP contribution in [0.25, 0.3) is 0 Å².